The second-order valence-corrected chi connectivity index (χ2v) is 4.39. The van der Waals surface area contributed by atoms with Crippen molar-refractivity contribution in [3.05, 3.63) is 0 Å². The van der Waals surface area contributed by atoms with Crippen molar-refractivity contribution >= 4 is 17.5 Å². The van der Waals surface area contributed by atoms with Crippen LogP contribution in [0.1, 0.15) is 25.7 Å². The van der Waals surface area contributed by atoms with Gasteiger partial charge in [-0.2, -0.15) is 13.2 Å². The number of hydrogen-bond acceptors (Lipinski definition) is 1. The predicted molar refractivity (Wildman–Crippen MR) is 55.3 cm³/mol. The molecule has 1 heterocycles. The minimum atomic E-state index is -4.19. The van der Waals surface area contributed by atoms with Crippen LogP contribution in [0.5, 0.6) is 0 Å². The molecule has 0 bridgehead atoms. The summed E-state index contributed by atoms with van der Waals surface area (Å²) in [6, 6.07) is 0. The Morgan fingerprint density at radius 2 is 2.12 bits per heavy atom. The Balaban J connectivity index is 2.47. The lowest BCUT2D eigenvalue weighted by molar-refractivity contribution is -0.188. The first-order valence-electron chi connectivity index (χ1n) is 5.35. The number of amides is 1. The molecule has 1 aliphatic rings. The molecule has 0 N–H and O–H groups in total. The fourth-order valence-electron chi connectivity index (χ4n) is 1.85. The van der Waals surface area contributed by atoms with Gasteiger partial charge in [-0.1, -0.05) is 0 Å². The van der Waals surface area contributed by atoms with E-state index in [1.807, 2.05) is 0 Å². The molecule has 1 unspecified atom stereocenters. The van der Waals surface area contributed by atoms with E-state index in [1.54, 1.807) is 0 Å². The smallest absolute Gasteiger partial charge is 0.342 e. The van der Waals surface area contributed by atoms with Gasteiger partial charge < -0.3 is 4.90 Å². The van der Waals surface area contributed by atoms with Gasteiger partial charge in [0.05, 0.1) is 5.92 Å². The molecule has 1 atom stereocenters. The summed E-state index contributed by atoms with van der Waals surface area (Å²) in [7, 11) is 0. The van der Waals surface area contributed by atoms with Crippen LogP contribution >= 0.6 is 11.6 Å². The Morgan fingerprint density at radius 1 is 1.44 bits per heavy atom. The first-order chi connectivity index (χ1) is 7.45. The van der Waals surface area contributed by atoms with Gasteiger partial charge in [0.1, 0.15) is 0 Å². The van der Waals surface area contributed by atoms with Gasteiger partial charge in [0.2, 0.25) is 5.91 Å². The van der Waals surface area contributed by atoms with Gasteiger partial charge in [0, 0.05) is 25.4 Å². The van der Waals surface area contributed by atoms with Crippen LogP contribution in [0.25, 0.3) is 0 Å². The van der Waals surface area contributed by atoms with Gasteiger partial charge >= 0.3 is 6.18 Å². The summed E-state index contributed by atoms with van der Waals surface area (Å²) in [4.78, 5) is 12.8. The van der Waals surface area contributed by atoms with Gasteiger partial charge in [-0.05, 0) is 19.3 Å². The fourth-order valence-corrected chi connectivity index (χ4v) is 1.98. The summed E-state index contributed by atoms with van der Waals surface area (Å²) in [6.07, 6.45) is -2.87. The molecule has 0 aromatic carbocycles. The summed E-state index contributed by atoms with van der Waals surface area (Å²) in [5.41, 5.74) is 0. The van der Waals surface area contributed by atoms with E-state index >= 15 is 0 Å². The third kappa shape index (κ3) is 3.85. The van der Waals surface area contributed by atoms with Gasteiger partial charge in [-0.15, -0.1) is 11.6 Å². The third-order valence-electron chi connectivity index (χ3n) is 2.76. The molecule has 1 amide bonds. The lowest BCUT2D eigenvalue weighted by Gasteiger charge is -2.33. The SMILES string of the molecule is O=C(CCCCl)N1CCCC(C(F)(F)F)C1. The first kappa shape index (κ1) is 13.6. The molecule has 1 rings (SSSR count). The highest BCUT2D eigenvalue weighted by atomic mass is 35.5. The number of carbonyl (C=O) groups is 1. The second-order valence-electron chi connectivity index (χ2n) is 4.01. The molecule has 1 fully saturated rings. The summed E-state index contributed by atoms with van der Waals surface area (Å²) in [6.45, 7) is 0.248. The molecule has 0 aliphatic carbocycles. The largest absolute Gasteiger partial charge is 0.393 e. The molecular formula is C10H15ClF3NO. The first-order valence-corrected chi connectivity index (χ1v) is 5.89. The van der Waals surface area contributed by atoms with Crippen molar-refractivity contribution in [1.29, 1.82) is 0 Å². The standard InChI is InChI=1S/C10H15ClF3NO/c11-5-1-4-9(16)15-6-2-3-8(7-15)10(12,13)14/h8H,1-7H2. The maximum Gasteiger partial charge on any atom is 0.393 e. The van der Waals surface area contributed by atoms with Crippen molar-refractivity contribution < 1.29 is 18.0 Å². The van der Waals surface area contributed by atoms with Crippen molar-refractivity contribution in [2.75, 3.05) is 19.0 Å². The topological polar surface area (TPSA) is 20.3 Å². The van der Waals surface area contributed by atoms with Gasteiger partial charge in [-0.25, -0.2) is 0 Å². The van der Waals surface area contributed by atoms with Gasteiger partial charge in [0.25, 0.3) is 0 Å². The molecular weight excluding hydrogens is 243 g/mol. The molecule has 16 heavy (non-hydrogen) atoms. The van der Waals surface area contributed by atoms with E-state index in [2.05, 4.69) is 0 Å². The van der Waals surface area contributed by atoms with Crippen LogP contribution in [0.2, 0.25) is 0 Å². The highest BCUT2D eigenvalue weighted by Crippen LogP contribution is 2.33. The van der Waals surface area contributed by atoms with Crippen LogP contribution < -0.4 is 0 Å². The van der Waals surface area contributed by atoms with E-state index in [0.717, 1.165) is 0 Å². The number of alkyl halides is 4. The molecule has 0 aromatic rings. The Hall–Kier alpha value is -0.450. The van der Waals surface area contributed by atoms with Crippen LogP contribution in [-0.2, 0) is 4.79 Å². The van der Waals surface area contributed by atoms with E-state index in [9.17, 15) is 18.0 Å². The van der Waals surface area contributed by atoms with Crippen LogP contribution in [-0.4, -0.2) is 36.0 Å². The van der Waals surface area contributed by atoms with E-state index < -0.39 is 12.1 Å². The average Bonchev–Trinajstić information content (AvgIpc) is 2.25. The monoisotopic (exact) mass is 257 g/mol. The van der Waals surface area contributed by atoms with E-state index in [1.165, 1.54) is 4.90 Å². The van der Waals surface area contributed by atoms with Gasteiger partial charge in [0.15, 0.2) is 0 Å². The third-order valence-corrected chi connectivity index (χ3v) is 3.03. The highest BCUT2D eigenvalue weighted by molar-refractivity contribution is 6.17. The number of rotatable bonds is 3. The highest BCUT2D eigenvalue weighted by Gasteiger charge is 2.42. The van der Waals surface area contributed by atoms with Crippen molar-refractivity contribution in [2.45, 2.75) is 31.9 Å². The number of likely N-dealkylation sites (tertiary alicyclic amines) is 1. The Labute approximate surface area is 97.7 Å². The Bertz CT molecular complexity index is 245. The van der Waals surface area contributed by atoms with E-state index in [0.29, 0.717) is 25.3 Å². The van der Waals surface area contributed by atoms with Crippen molar-refractivity contribution in [1.82, 2.24) is 4.90 Å². The average molecular weight is 258 g/mol. The second kappa shape index (κ2) is 5.75. The van der Waals surface area contributed by atoms with E-state index in [4.69, 9.17) is 11.6 Å². The predicted octanol–water partition coefficient (Wildman–Crippen LogP) is 2.81. The number of halogens is 4. The minimum absolute atomic E-state index is 0.128. The Morgan fingerprint density at radius 3 is 2.69 bits per heavy atom. The molecule has 6 heteroatoms. The minimum Gasteiger partial charge on any atom is -0.342 e. The number of carbonyl (C=O) groups excluding carboxylic acids is 1. The maximum atomic E-state index is 12.5. The fraction of sp³-hybridized carbons (Fsp3) is 0.900. The zero-order valence-electron chi connectivity index (χ0n) is 8.89. The summed E-state index contributed by atoms with van der Waals surface area (Å²) in [5.74, 6) is -1.21. The molecule has 0 radical (unpaired) electrons. The zero-order valence-corrected chi connectivity index (χ0v) is 9.65. The van der Waals surface area contributed by atoms with Crippen molar-refractivity contribution in [3.8, 4) is 0 Å². The lowest BCUT2D eigenvalue weighted by Crippen LogP contribution is -2.44. The maximum absolute atomic E-state index is 12.5. The van der Waals surface area contributed by atoms with Crippen molar-refractivity contribution in [3.63, 3.8) is 0 Å². The van der Waals surface area contributed by atoms with Crippen LogP contribution in [0.4, 0.5) is 13.2 Å². The Kier molecular flexibility index (Phi) is 4.89. The summed E-state index contributed by atoms with van der Waals surface area (Å²) < 4.78 is 37.4. The molecule has 94 valence electrons. The molecule has 1 saturated heterocycles. The summed E-state index contributed by atoms with van der Waals surface area (Å²) >= 11 is 5.44. The van der Waals surface area contributed by atoms with Crippen molar-refractivity contribution in [2.24, 2.45) is 5.92 Å². The lowest BCUT2D eigenvalue weighted by atomic mass is 9.97. The molecule has 0 aromatic heterocycles. The van der Waals surface area contributed by atoms with Gasteiger partial charge in [-0.3, -0.25) is 4.79 Å². The summed E-state index contributed by atoms with van der Waals surface area (Å²) in [5, 5.41) is 0. The zero-order chi connectivity index (χ0) is 12.2. The normalized spacial score (nSPS) is 22.2. The quantitative estimate of drug-likeness (QED) is 0.712. The molecule has 0 saturated carbocycles. The number of nitrogens with zero attached hydrogens (tertiary/aromatic N) is 1. The number of hydrogen-bond donors (Lipinski definition) is 0. The van der Waals surface area contributed by atoms with E-state index in [-0.39, 0.29) is 25.3 Å². The van der Waals surface area contributed by atoms with Crippen LogP contribution in [0.3, 0.4) is 0 Å². The van der Waals surface area contributed by atoms with Crippen LogP contribution in [0.15, 0.2) is 0 Å². The van der Waals surface area contributed by atoms with Crippen LogP contribution in [0, 0.1) is 5.92 Å². The molecule has 0 spiro atoms. The number of piperidine rings is 1. The molecule has 2 nitrogen and oxygen atoms in total. The molecule has 1 aliphatic heterocycles.